The molecule has 1 amide bonds. The Morgan fingerprint density at radius 1 is 1.25 bits per heavy atom. The molecule has 0 atom stereocenters. The van der Waals surface area contributed by atoms with Crippen LogP contribution < -0.4 is 10.6 Å². The summed E-state index contributed by atoms with van der Waals surface area (Å²) in [6.45, 7) is 0.590. The van der Waals surface area contributed by atoms with E-state index >= 15 is 0 Å². The second-order valence-electron chi connectivity index (χ2n) is 4.72. The highest BCUT2D eigenvalue weighted by molar-refractivity contribution is 6.31. The van der Waals surface area contributed by atoms with Crippen molar-refractivity contribution in [1.29, 1.82) is 0 Å². The van der Waals surface area contributed by atoms with Gasteiger partial charge in [-0.05, 0) is 48.4 Å². The van der Waals surface area contributed by atoms with Gasteiger partial charge >= 0.3 is 0 Å². The third-order valence-electron chi connectivity index (χ3n) is 3.41. The van der Waals surface area contributed by atoms with E-state index in [-0.39, 0.29) is 10.9 Å². The third-order valence-corrected chi connectivity index (χ3v) is 3.70. The number of nitrogen functional groups attached to an aromatic ring is 1. The van der Waals surface area contributed by atoms with Gasteiger partial charge in [0.15, 0.2) is 0 Å². The van der Waals surface area contributed by atoms with Crippen LogP contribution in [0.1, 0.15) is 15.9 Å². The first kappa shape index (κ1) is 12.9. The monoisotopic (exact) mass is 290 g/mol. The molecule has 0 aliphatic carbocycles. The van der Waals surface area contributed by atoms with Crippen LogP contribution in [0.25, 0.3) is 0 Å². The van der Waals surface area contributed by atoms with Crippen molar-refractivity contribution in [1.82, 2.24) is 0 Å². The summed E-state index contributed by atoms with van der Waals surface area (Å²) in [4.78, 5) is 14.1. The SMILES string of the molecule is Nc1ccc2c(c1)CCN2C(=O)c1ccc(F)c(Cl)c1. The fourth-order valence-corrected chi connectivity index (χ4v) is 2.60. The summed E-state index contributed by atoms with van der Waals surface area (Å²) in [6, 6.07) is 9.48. The van der Waals surface area contributed by atoms with Gasteiger partial charge in [0.2, 0.25) is 0 Å². The Labute approximate surface area is 120 Å². The Kier molecular flexibility index (Phi) is 3.10. The molecule has 3 rings (SSSR count). The molecule has 5 heteroatoms. The number of hydrogen-bond donors (Lipinski definition) is 1. The van der Waals surface area contributed by atoms with Gasteiger partial charge in [-0.25, -0.2) is 4.39 Å². The van der Waals surface area contributed by atoms with Crippen LogP contribution in [0, 0.1) is 5.82 Å². The van der Waals surface area contributed by atoms with Crippen molar-refractivity contribution in [2.24, 2.45) is 0 Å². The second-order valence-corrected chi connectivity index (χ2v) is 5.13. The van der Waals surface area contributed by atoms with Gasteiger partial charge in [0.25, 0.3) is 5.91 Å². The van der Waals surface area contributed by atoms with Crippen molar-refractivity contribution in [2.45, 2.75) is 6.42 Å². The van der Waals surface area contributed by atoms with Gasteiger partial charge in [0.05, 0.1) is 5.02 Å². The zero-order valence-electron chi connectivity index (χ0n) is 10.6. The Bertz CT molecular complexity index is 702. The standard InChI is InChI=1S/C15H12ClFN2O/c16-12-8-10(1-3-13(12)17)15(20)19-6-5-9-7-11(18)2-4-14(9)19/h1-4,7-8H,5-6,18H2. The first-order chi connectivity index (χ1) is 9.56. The lowest BCUT2D eigenvalue weighted by Gasteiger charge is -2.17. The highest BCUT2D eigenvalue weighted by Crippen LogP contribution is 2.31. The first-order valence-corrected chi connectivity index (χ1v) is 6.59. The average molecular weight is 291 g/mol. The number of rotatable bonds is 1. The number of anilines is 2. The molecule has 2 N–H and O–H groups in total. The summed E-state index contributed by atoms with van der Waals surface area (Å²) < 4.78 is 13.2. The molecule has 0 unspecified atom stereocenters. The molecule has 0 aromatic heterocycles. The maximum Gasteiger partial charge on any atom is 0.258 e. The maximum atomic E-state index is 13.2. The number of fused-ring (bicyclic) bond motifs is 1. The summed E-state index contributed by atoms with van der Waals surface area (Å²) >= 11 is 5.72. The molecule has 3 nitrogen and oxygen atoms in total. The number of carbonyl (C=O) groups is 1. The smallest absolute Gasteiger partial charge is 0.258 e. The van der Waals surface area contributed by atoms with Crippen LogP contribution in [0.15, 0.2) is 36.4 Å². The lowest BCUT2D eigenvalue weighted by Crippen LogP contribution is -2.28. The molecule has 1 aliphatic heterocycles. The van der Waals surface area contributed by atoms with E-state index in [1.54, 1.807) is 11.0 Å². The quantitative estimate of drug-likeness (QED) is 0.819. The fourth-order valence-electron chi connectivity index (χ4n) is 2.42. The van der Waals surface area contributed by atoms with Gasteiger partial charge in [-0.3, -0.25) is 4.79 Å². The minimum absolute atomic E-state index is 0.0485. The van der Waals surface area contributed by atoms with E-state index in [0.717, 1.165) is 17.7 Å². The van der Waals surface area contributed by atoms with E-state index in [9.17, 15) is 9.18 Å². The summed E-state index contributed by atoms with van der Waals surface area (Å²) in [5, 5.41) is -0.0485. The van der Waals surface area contributed by atoms with Crippen LogP contribution in [0.3, 0.4) is 0 Å². The normalized spacial score (nSPS) is 13.4. The summed E-state index contributed by atoms with van der Waals surface area (Å²) in [7, 11) is 0. The topological polar surface area (TPSA) is 46.3 Å². The zero-order chi connectivity index (χ0) is 14.3. The molecular formula is C15H12ClFN2O. The van der Waals surface area contributed by atoms with Crippen molar-refractivity contribution in [3.63, 3.8) is 0 Å². The first-order valence-electron chi connectivity index (χ1n) is 6.21. The van der Waals surface area contributed by atoms with Gasteiger partial charge in [-0.15, -0.1) is 0 Å². The van der Waals surface area contributed by atoms with Crippen molar-refractivity contribution < 1.29 is 9.18 Å². The van der Waals surface area contributed by atoms with E-state index in [0.29, 0.717) is 17.8 Å². The highest BCUT2D eigenvalue weighted by Gasteiger charge is 2.25. The summed E-state index contributed by atoms with van der Waals surface area (Å²) in [6.07, 6.45) is 0.765. The average Bonchev–Trinajstić information content (AvgIpc) is 2.84. The molecule has 0 spiro atoms. The van der Waals surface area contributed by atoms with E-state index in [1.165, 1.54) is 18.2 Å². The second kappa shape index (κ2) is 4.80. The minimum Gasteiger partial charge on any atom is -0.399 e. The molecule has 0 radical (unpaired) electrons. The van der Waals surface area contributed by atoms with Crippen molar-refractivity contribution in [3.8, 4) is 0 Å². The Hall–Kier alpha value is -2.07. The molecule has 2 aromatic rings. The van der Waals surface area contributed by atoms with Crippen molar-refractivity contribution >= 4 is 28.9 Å². The van der Waals surface area contributed by atoms with E-state index < -0.39 is 5.82 Å². The van der Waals surface area contributed by atoms with Crippen LogP contribution in [-0.2, 0) is 6.42 Å². The highest BCUT2D eigenvalue weighted by atomic mass is 35.5. The zero-order valence-corrected chi connectivity index (χ0v) is 11.3. The molecule has 2 aromatic carbocycles. The number of nitrogens with two attached hydrogens (primary N) is 1. The fraction of sp³-hybridized carbons (Fsp3) is 0.133. The predicted molar refractivity (Wildman–Crippen MR) is 77.6 cm³/mol. The van der Waals surface area contributed by atoms with Crippen molar-refractivity contribution in [2.75, 3.05) is 17.2 Å². The number of benzene rings is 2. The Morgan fingerprint density at radius 3 is 2.80 bits per heavy atom. The number of halogens is 2. The molecule has 1 aliphatic rings. The minimum atomic E-state index is -0.530. The molecular weight excluding hydrogens is 279 g/mol. The maximum absolute atomic E-state index is 13.2. The van der Waals surface area contributed by atoms with E-state index in [2.05, 4.69) is 0 Å². The van der Waals surface area contributed by atoms with E-state index in [1.807, 2.05) is 12.1 Å². The van der Waals surface area contributed by atoms with Gasteiger partial charge in [0.1, 0.15) is 5.82 Å². The van der Waals surface area contributed by atoms with Gasteiger partial charge in [-0.2, -0.15) is 0 Å². The van der Waals surface area contributed by atoms with E-state index in [4.69, 9.17) is 17.3 Å². The van der Waals surface area contributed by atoms with Crippen LogP contribution >= 0.6 is 11.6 Å². The summed E-state index contributed by atoms with van der Waals surface area (Å²) in [5.74, 6) is -0.715. The molecule has 20 heavy (non-hydrogen) atoms. The van der Waals surface area contributed by atoms with Crippen molar-refractivity contribution in [3.05, 3.63) is 58.4 Å². The number of carbonyl (C=O) groups excluding carboxylic acids is 1. The number of hydrogen-bond acceptors (Lipinski definition) is 2. The number of amides is 1. The lowest BCUT2D eigenvalue weighted by molar-refractivity contribution is 0.0989. The molecule has 0 fully saturated rings. The largest absolute Gasteiger partial charge is 0.399 e. The summed E-state index contributed by atoms with van der Waals surface area (Å²) in [5.41, 5.74) is 8.70. The van der Waals surface area contributed by atoms with Crippen LogP contribution in [-0.4, -0.2) is 12.5 Å². The van der Waals surface area contributed by atoms with Gasteiger partial charge in [0, 0.05) is 23.5 Å². The van der Waals surface area contributed by atoms with Crippen LogP contribution in [0.4, 0.5) is 15.8 Å². The molecule has 1 heterocycles. The molecule has 102 valence electrons. The van der Waals surface area contributed by atoms with Crippen LogP contribution in [0.2, 0.25) is 5.02 Å². The molecule has 0 bridgehead atoms. The molecule has 0 saturated heterocycles. The Morgan fingerprint density at radius 2 is 2.05 bits per heavy atom. The lowest BCUT2D eigenvalue weighted by atomic mass is 10.1. The van der Waals surface area contributed by atoms with Gasteiger partial charge in [-0.1, -0.05) is 11.6 Å². The van der Waals surface area contributed by atoms with Gasteiger partial charge < -0.3 is 10.6 Å². The third kappa shape index (κ3) is 2.12. The molecule has 0 saturated carbocycles. The van der Waals surface area contributed by atoms with Crippen LogP contribution in [0.5, 0.6) is 0 Å². The Balaban J connectivity index is 1.95. The predicted octanol–water partition coefficient (Wildman–Crippen LogP) is 3.26. The number of nitrogens with zero attached hydrogens (tertiary/aromatic N) is 1.